The molecule has 10 nitrogen and oxygen atoms in total. The molecule has 0 atom stereocenters. The molecule has 3 aliphatic heterocycles. The zero-order valence-corrected chi connectivity index (χ0v) is 20.6. The first kappa shape index (κ1) is 23.6. The van der Waals surface area contributed by atoms with Crippen molar-refractivity contribution >= 4 is 44.9 Å². The van der Waals surface area contributed by atoms with E-state index in [4.69, 9.17) is 4.74 Å². The van der Waals surface area contributed by atoms with E-state index in [1.54, 1.807) is 24.3 Å². The lowest BCUT2D eigenvalue weighted by molar-refractivity contribution is -0.110. The number of carbonyl (C=O) groups excluding carboxylic acids is 2. The molecule has 0 bridgehead atoms. The number of rotatable bonds is 6. The second-order valence-corrected chi connectivity index (χ2v) is 10.9. The first-order chi connectivity index (χ1) is 16.7. The molecule has 5 rings (SSSR count). The number of aromatic amines is 1. The van der Waals surface area contributed by atoms with E-state index in [2.05, 4.69) is 19.9 Å². The second-order valence-electron chi connectivity index (χ2n) is 9.16. The number of nitrogens with one attached hydrogen (secondary N) is 3. The van der Waals surface area contributed by atoms with Crippen molar-refractivity contribution in [1.82, 2.24) is 14.8 Å². The molecular formula is C24H29N5O5S. The van der Waals surface area contributed by atoms with Crippen LogP contribution in [0.15, 0.2) is 18.2 Å². The van der Waals surface area contributed by atoms with Crippen LogP contribution in [0.25, 0.3) is 11.6 Å². The number of fused-ring (bicyclic) bond motifs is 2. The summed E-state index contributed by atoms with van der Waals surface area (Å²) < 4.78 is 31.1. The van der Waals surface area contributed by atoms with Gasteiger partial charge in [0, 0.05) is 67.5 Å². The summed E-state index contributed by atoms with van der Waals surface area (Å²) >= 11 is 0. The van der Waals surface area contributed by atoms with Crippen molar-refractivity contribution in [2.24, 2.45) is 0 Å². The molecule has 0 spiro atoms. The second kappa shape index (κ2) is 9.14. The number of nitrogens with zero attached hydrogens (tertiary/aromatic N) is 2. The zero-order valence-electron chi connectivity index (χ0n) is 19.8. The van der Waals surface area contributed by atoms with Crippen molar-refractivity contribution in [2.75, 3.05) is 62.2 Å². The molecule has 2 aromatic rings. The zero-order chi connectivity index (χ0) is 24.7. The van der Waals surface area contributed by atoms with Crippen LogP contribution in [0.3, 0.4) is 0 Å². The van der Waals surface area contributed by atoms with E-state index in [1.165, 1.54) is 0 Å². The molecule has 186 valence electrons. The van der Waals surface area contributed by atoms with Crippen molar-refractivity contribution < 1.29 is 22.7 Å². The summed E-state index contributed by atoms with van der Waals surface area (Å²) in [6.45, 7) is 7.27. The third-order valence-electron chi connectivity index (χ3n) is 6.68. The Morgan fingerprint density at radius 3 is 2.66 bits per heavy atom. The Morgan fingerprint density at radius 2 is 1.91 bits per heavy atom. The Labute approximate surface area is 204 Å². The topological polar surface area (TPSA) is 124 Å². The Morgan fingerprint density at radius 1 is 1.14 bits per heavy atom. The number of hydrogen-bond donors (Lipinski definition) is 3. The number of H-pyrrole nitrogens is 1. The van der Waals surface area contributed by atoms with Gasteiger partial charge in [-0.15, -0.1) is 0 Å². The highest BCUT2D eigenvalue weighted by molar-refractivity contribution is 7.92. The normalized spacial score (nSPS) is 19.6. The minimum atomic E-state index is -3.45. The lowest BCUT2D eigenvalue weighted by Gasteiger charge is -2.32. The maximum atomic E-state index is 13.3. The van der Waals surface area contributed by atoms with Crippen molar-refractivity contribution in [3.8, 4) is 0 Å². The van der Waals surface area contributed by atoms with Gasteiger partial charge in [0.25, 0.3) is 11.8 Å². The first-order valence-corrected chi connectivity index (χ1v) is 13.5. The summed E-state index contributed by atoms with van der Waals surface area (Å²) in [5.41, 5.74) is 5.08. The van der Waals surface area contributed by atoms with Crippen LogP contribution >= 0.6 is 0 Å². The lowest BCUT2D eigenvalue weighted by Crippen LogP contribution is -2.45. The number of morpholine rings is 1. The highest BCUT2D eigenvalue weighted by Crippen LogP contribution is 2.36. The number of benzene rings is 1. The van der Waals surface area contributed by atoms with Crippen LogP contribution in [0.2, 0.25) is 0 Å². The number of carbonyl (C=O) groups is 2. The molecule has 1 aromatic carbocycles. The molecule has 3 aliphatic rings. The highest BCUT2D eigenvalue weighted by atomic mass is 32.2. The minimum Gasteiger partial charge on any atom is -0.379 e. The van der Waals surface area contributed by atoms with E-state index in [9.17, 15) is 18.0 Å². The van der Waals surface area contributed by atoms with Crippen LogP contribution in [-0.4, -0.2) is 87.2 Å². The van der Waals surface area contributed by atoms with Crippen LogP contribution in [0.1, 0.15) is 32.9 Å². The largest absolute Gasteiger partial charge is 0.379 e. The van der Waals surface area contributed by atoms with Crippen LogP contribution in [0.5, 0.6) is 0 Å². The average molecular weight is 500 g/mol. The van der Waals surface area contributed by atoms with Gasteiger partial charge in [0.15, 0.2) is 0 Å². The van der Waals surface area contributed by atoms with Gasteiger partial charge >= 0.3 is 0 Å². The Balaban J connectivity index is 1.39. The van der Waals surface area contributed by atoms with Crippen molar-refractivity contribution in [3.05, 3.63) is 46.3 Å². The van der Waals surface area contributed by atoms with E-state index < -0.39 is 10.0 Å². The van der Waals surface area contributed by atoms with Gasteiger partial charge in [-0.25, -0.2) is 8.42 Å². The quantitative estimate of drug-likeness (QED) is 0.518. The van der Waals surface area contributed by atoms with E-state index in [-0.39, 0.29) is 11.8 Å². The van der Waals surface area contributed by atoms with Crippen LogP contribution < -0.4 is 10.0 Å². The SMILES string of the molecule is Cc1c(/C=C2/C(=O)Nc3ccc(NS(C)(=O)=O)cc32)[nH]c2c1C(=O)N(CCN1CCOCC1)CC2. The molecule has 0 unspecified atom stereocenters. The van der Waals surface area contributed by atoms with Gasteiger partial charge in [-0.1, -0.05) is 0 Å². The molecule has 2 amide bonds. The Hall–Kier alpha value is -3.15. The number of amides is 2. The fraction of sp³-hybridized carbons (Fsp3) is 0.417. The van der Waals surface area contributed by atoms with E-state index in [1.807, 2.05) is 11.8 Å². The van der Waals surface area contributed by atoms with E-state index in [0.717, 1.165) is 56.8 Å². The van der Waals surface area contributed by atoms with E-state index in [0.29, 0.717) is 46.9 Å². The minimum absolute atomic E-state index is 0.00817. The molecule has 11 heteroatoms. The van der Waals surface area contributed by atoms with Gasteiger partial charge < -0.3 is 19.9 Å². The summed E-state index contributed by atoms with van der Waals surface area (Å²) in [6.07, 6.45) is 3.54. The molecule has 1 fully saturated rings. The third-order valence-corrected chi connectivity index (χ3v) is 7.29. The van der Waals surface area contributed by atoms with E-state index >= 15 is 0 Å². The highest BCUT2D eigenvalue weighted by Gasteiger charge is 2.31. The fourth-order valence-electron chi connectivity index (χ4n) is 4.86. The Bertz CT molecular complexity index is 1320. The Kier molecular flexibility index (Phi) is 6.16. The number of sulfonamides is 1. The molecule has 1 saturated heterocycles. The number of ether oxygens (including phenoxy) is 1. The van der Waals surface area contributed by atoms with Gasteiger partial charge in [0.1, 0.15) is 0 Å². The summed E-state index contributed by atoms with van der Waals surface area (Å²) in [5, 5.41) is 2.82. The molecule has 35 heavy (non-hydrogen) atoms. The summed E-state index contributed by atoms with van der Waals surface area (Å²) in [4.78, 5) is 33.6. The van der Waals surface area contributed by atoms with Crippen LogP contribution in [-0.2, 0) is 26.0 Å². The van der Waals surface area contributed by atoms with Gasteiger partial charge in [0.2, 0.25) is 10.0 Å². The maximum absolute atomic E-state index is 13.3. The monoisotopic (exact) mass is 499 g/mol. The first-order valence-electron chi connectivity index (χ1n) is 11.7. The van der Waals surface area contributed by atoms with Gasteiger partial charge in [0.05, 0.1) is 30.6 Å². The molecule has 0 saturated carbocycles. The van der Waals surface area contributed by atoms with Crippen molar-refractivity contribution in [3.63, 3.8) is 0 Å². The molecule has 3 N–H and O–H groups in total. The summed E-state index contributed by atoms with van der Waals surface area (Å²) in [7, 11) is -3.45. The van der Waals surface area contributed by atoms with Crippen LogP contribution in [0, 0.1) is 6.92 Å². The standard InChI is InChI=1S/C24H29N5O5S/c1-15-21(14-18-17-13-16(27-35(2,32)33)3-4-19(17)26-23(18)30)25-20-5-6-29(24(31)22(15)20)8-7-28-9-11-34-12-10-28/h3-4,13-14,25,27H,5-12H2,1-2H3,(H,26,30)/b18-14+. The van der Waals surface area contributed by atoms with Gasteiger partial charge in [-0.2, -0.15) is 0 Å². The predicted molar refractivity (Wildman–Crippen MR) is 134 cm³/mol. The maximum Gasteiger partial charge on any atom is 0.256 e. The third kappa shape index (κ3) is 4.84. The number of hydrogen-bond acceptors (Lipinski definition) is 6. The fourth-order valence-corrected chi connectivity index (χ4v) is 5.42. The lowest BCUT2D eigenvalue weighted by atomic mass is 10.0. The smallest absolute Gasteiger partial charge is 0.256 e. The summed E-state index contributed by atoms with van der Waals surface area (Å²) in [6, 6.07) is 4.91. The summed E-state index contributed by atoms with van der Waals surface area (Å²) in [5.74, 6) is -0.268. The van der Waals surface area contributed by atoms with Gasteiger partial charge in [-0.3, -0.25) is 19.2 Å². The van der Waals surface area contributed by atoms with Crippen molar-refractivity contribution in [1.29, 1.82) is 0 Å². The molecular weight excluding hydrogens is 470 g/mol. The molecule has 4 heterocycles. The van der Waals surface area contributed by atoms with Crippen molar-refractivity contribution in [2.45, 2.75) is 13.3 Å². The molecule has 0 radical (unpaired) electrons. The number of aromatic nitrogens is 1. The van der Waals surface area contributed by atoms with Gasteiger partial charge in [-0.05, 0) is 36.8 Å². The molecule has 0 aliphatic carbocycles. The molecule has 1 aromatic heterocycles. The number of anilines is 2. The van der Waals surface area contributed by atoms with Crippen LogP contribution in [0.4, 0.5) is 11.4 Å². The predicted octanol–water partition coefficient (Wildman–Crippen LogP) is 1.52. The average Bonchev–Trinajstić information content (AvgIpc) is 3.29.